The Labute approximate surface area is 103 Å². The highest BCUT2D eigenvalue weighted by atomic mass is 16.3. The van der Waals surface area contributed by atoms with Crippen LogP contribution in [0.3, 0.4) is 0 Å². The molecule has 1 atom stereocenters. The van der Waals surface area contributed by atoms with Gasteiger partial charge in [-0.1, -0.05) is 26.0 Å². The zero-order chi connectivity index (χ0) is 12.8. The number of phenolic OH excluding ortho intramolecular Hbond substituents is 1. The molecule has 0 bridgehead atoms. The summed E-state index contributed by atoms with van der Waals surface area (Å²) in [7, 11) is 0. The molecule has 0 aromatic heterocycles. The average Bonchev–Trinajstić information content (AvgIpc) is 2.19. The highest BCUT2D eigenvalue weighted by Gasteiger charge is 2.09. The van der Waals surface area contributed by atoms with E-state index in [2.05, 4.69) is 19.2 Å². The molecule has 0 heterocycles. The van der Waals surface area contributed by atoms with Gasteiger partial charge < -0.3 is 10.4 Å². The molecule has 94 valence electrons. The van der Waals surface area contributed by atoms with E-state index in [4.69, 9.17) is 5.11 Å². The van der Waals surface area contributed by atoms with Gasteiger partial charge >= 0.3 is 0 Å². The quantitative estimate of drug-likeness (QED) is 0.823. The van der Waals surface area contributed by atoms with Crippen molar-refractivity contribution in [3.63, 3.8) is 0 Å². The van der Waals surface area contributed by atoms with Crippen LogP contribution >= 0.6 is 0 Å². The van der Waals surface area contributed by atoms with Gasteiger partial charge in [-0.25, -0.2) is 0 Å². The molecule has 1 aromatic carbocycles. The Balaban J connectivity index is 2.41. The lowest BCUT2D eigenvalue weighted by molar-refractivity contribution is -0.121. The van der Waals surface area contributed by atoms with E-state index in [1.54, 1.807) is 24.3 Å². The average molecular weight is 235 g/mol. The van der Waals surface area contributed by atoms with Crippen LogP contribution in [0.4, 0.5) is 0 Å². The van der Waals surface area contributed by atoms with Crippen molar-refractivity contribution >= 4 is 5.91 Å². The predicted molar refractivity (Wildman–Crippen MR) is 68.9 cm³/mol. The van der Waals surface area contributed by atoms with Crippen LogP contribution in [0.25, 0.3) is 0 Å². The predicted octanol–water partition coefficient (Wildman–Crippen LogP) is 2.49. The Bertz CT molecular complexity index is 357. The fraction of sp³-hybridized carbons (Fsp3) is 0.500. The number of amides is 1. The molecule has 0 aliphatic heterocycles. The fourth-order valence-corrected chi connectivity index (χ4v) is 1.89. The number of hydrogen-bond donors (Lipinski definition) is 2. The SMILES string of the molecule is CC(C)C[C@H](C)NC(=O)Cc1ccc(O)cc1. The van der Waals surface area contributed by atoms with Crippen molar-refractivity contribution in [2.45, 2.75) is 39.7 Å². The molecule has 1 amide bonds. The van der Waals surface area contributed by atoms with Crippen LogP contribution in [0, 0.1) is 5.92 Å². The molecule has 17 heavy (non-hydrogen) atoms. The van der Waals surface area contributed by atoms with E-state index in [1.165, 1.54) is 0 Å². The molecule has 0 saturated heterocycles. The molecule has 0 spiro atoms. The van der Waals surface area contributed by atoms with Gasteiger partial charge in [-0.05, 0) is 37.0 Å². The summed E-state index contributed by atoms with van der Waals surface area (Å²) in [5.41, 5.74) is 0.914. The minimum Gasteiger partial charge on any atom is -0.508 e. The minimum atomic E-state index is 0.0313. The van der Waals surface area contributed by atoms with E-state index < -0.39 is 0 Å². The summed E-state index contributed by atoms with van der Waals surface area (Å²) in [4.78, 5) is 11.7. The molecule has 1 aromatic rings. The summed E-state index contributed by atoms with van der Waals surface area (Å²) < 4.78 is 0. The second-order valence-electron chi connectivity index (χ2n) is 4.94. The zero-order valence-electron chi connectivity index (χ0n) is 10.7. The first-order valence-corrected chi connectivity index (χ1v) is 6.04. The Kier molecular flexibility index (Phi) is 5.01. The Morgan fingerprint density at radius 2 is 1.82 bits per heavy atom. The van der Waals surface area contributed by atoms with Gasteiger partial charge in [0.2, 0.25) is 5.91 Å². The number of carbonyl (C=O) groups excluding carboxylic acids is 1. The van der Waals surface area contributed by atoms with Gasteiger partial charge in [-0.2, -0.15) is 0 Å². The first kappa shape index (κ1) is 13.6. The standard InChI is InChI=1S/C14H21NO2/c1-10(2)8-11(3)15-14(17)9-12-4-6-13(16)7-5-12/h4-7,10-11,16H,8-9H2,1-3H3,(H,15,17)/t11-/m0/s1. The molecule has 1 rings (SSSR count). The second-order valence-corrected chi connectivity index (χ2v) is 4.94. The van der Waals surface area contributed by atoms with Crippen LogP contribution in [0.15, 0.2) is 24.3 Å². The number of hydrogen-bond acceptors (Lipinski definition) is 2. The van der Waals surface area contributed by atoms with Crippen LogP contribution in [-0.2, 0) is 11.2 Å². The molecule has 3 heteroatoms. The van der Waals surface area contributed by atoms with Crippen LogP contribution in [0.5, 0.6) is 5.75 Å². The van der Waals surface area contributed by atoms with Crippen molar-refractivity contribution in [2.75, 3.05) is 0 Å². The van der Waals surface area contributed by atoms with E-state index >= 15 is 0 Å². The Hall–Kier alpha value is -1.51. The summed E-state index contributed by atoms with van der Waals surface area (Å²) >= 11 is 0. The molecular weight excluding hydrogens is 214 g/mol. The Morgan fingerprint density at radius 3 is 2.35 bits per heavy atom. The normalized spacial score (nSPS) is 12.5. The van der Waals surface area contributed by atoms with Gasteiger partial charge in [0.25, 0.3) is 0 Å². The van der Waals surface area contributed by atoms with Crippen LogP contribution in [-0.4, -0.2) is 17.1 Å². The van der Waals surface area contributed by atoms with Crippen LogP contribution < -0.4 is 5.32 Å². The van der Waals surface area contributed by atoms with Crippen molar-refractivity contribution in [3.05, 3.63) is 29.8 Å². The van der Waals surface area contributed by atoms with E-state index in [9.17, 15) is 4.79 Å². The number of benzene rings is 1. The first-order chi connectivity index (χ1) is 7.97. The number of nitrogens with one attached hydrogen (secondary N) is 1. The van der Waals surface area contributed by atoms with Crippen molar-refractivity contribution in [1.29, 1.82) is 0 Å². The summed E-state index contributed by atoms with van der Waals surface area (Å²) in [5, 5.41) is 12.1. The lowest BCUT2D eigenvalue weighted by atomic mass is 10.0. The lowest BCUT2D eigenvalue weighted by Crippen LogP contribution is -2.34. The lowest BCUT2D eigenvalue weighted by Gasteiger charge is -2.15. The van der Waals surface area contributed by atoms with Crippen LogP contribution in [0.2, 0.25) is 0 Å². The van der Waals surface area contributed by atoms with Crippen LogP contribution in [0.1, 0.15) is 32.8 Å². The van der Waals surface area contributed by atoms with Gasteiger partial charge in [0.15, 0.2) is 0 Å². The molecule has 0 fully saturated rings. The number of aromatic hydroxyl groups is 1. The fourth-order valence-electron chi connectivity index (χ4n) is 1.89. The maximum atomic E-state index is 11.7. The van der Waals surface area contributed by atoms with Crippen molar-refractivity contribution in [1.82, 2.24) is 5.32 Å². The van der Waals surface area contributed by atoms with E-state index in [-0.39, 0.29) is 17.7 Å². The molecular formula is C14H21NO2. The summed E-state index contributed by atoms with van der Waals surface area (Å²) in [6.07, 6.45) is 1.35. The van der Waals surface area contributed by atoms with Crippen molar-refractivity contribution in [2.24, 2.45) is 5.92 Å². The second kappa shape index (κ2) is 6.28. The third-order valence-electron chi connectivity index (χ3n) is 2.53. The maximum Gasteiger partial charge on any atom is 0.224 e. The number of phenols is 1. The van der Waals surface area contributed by atoms with Gasteiger partial charge in [-0.15, -0.1) is 0 Å². The number of carbonyl (C=O) groups is 1. The zero-order valence-corrected chi connectivity index (χ0v) is 10.7. The topological polar surface area (TPSA) is 49.3 Å². The molecule has 0 aliphatic rings. The van der Waals surface area contributed by atoms with Gasteiger partial charge in [-0.3, -0.25) is 4.79 Å². The molecule has 0 aliphatic carbocycles. The van der Waals surface area contributed by atoms with E-state index in [1.807, 2.05) is 6.92 Å². The summed E-state index contributed by atoms with van der Waals surface area (Å²) in [5.74, 6) is 0.838. The van der Waals surface area contributed by atoms with Crippen molar-refractivity contribution in [3.8, 4) is 5.75 Å². The third kappa shape index (κ3) is 5.38. The highest BCUT2D eigenvalue weighted by molar-refractivity contribution is 5.78. The molecule has 2 N–H and O–H groups in total. The van der Waals surface area contributed by atoms with E-state index in [0.717, 1.165) is 12.0 Å². The van der Waals surface area contributed by atoms with Crippen molar-refractivity contribution < 1.29 is 9.90 Å². The molecule has 3 nitrogen and oxygen atoms in total. The van der Waals surface area contributed by atoms with Gasteiger partial charge in [0, 0.05) is 6.04 Å². The van der Waals surface area contributed by atoms with E-state index in [0.29, 0.717) is 12.3 Å². The smallest absolute Gasteiger partial charge is 0.224 e. The Morgan fingerprint density at radius 1 is 1.24 bits per heavy atom. The van der Waals surface area contributed by atoms with Gasteiger partial charge in [0.05, 0.1) is 6.42 Å². The summed E-state index contributed by atoms with van der Waals surface area (Å²) in [6.45, 7) is 6.31. The summed E-state index contributed by atoms with van der Waals surface area (Å²) in [6, 6.07) is 6.93. The monoisotopic (exact) mass is 235 g/mol. The largest absolute Gasteiger partial charge is 0.508 e. The molecule has 0 saturated carbocycles. The molecule has 0 radical (unpaired) electrons. The van der Waals surface area contributed by atoms with Gasteiger partial charge in [0.1, 0.15) is 5.75 Å². The highest BCUT2D eigenvalue weighted by Crippen LogP contribution is 2.10. The minimum absolute atomic E-state index is 0.0313. The number of rotatable bonds is 5. The third-order valence-corrected chi connectivity index (χ3v) is 2.53. The molecule has 0 unspecified atom stereocenters. The maximum absolute atomic E-state index is 11.7. The first-order valence-electron chi connectivity index (χ1n) is 6.04.